The molecule has 1 fully saturated rings. The highest BCUT2D eigenvalue weighted by molar-refractivity contribution is 5.90. The number of methoxy groups -OCH3 is 1. The molecule has 2 aromatic rings. The Bertz CT molecular complexity index is 684. The van der Waals surface area contributed by atoms with Gasteiger partial charge in [0.2, 0.25) is 5.82 Å². The van der Waals surface area contributed by atoms with Gasteiger partial charge in [-0.25, -0.2) is 9.97 Å². The van der Waals surface area contributed by atoms with Gasteiger partial charge in [-0.15, -0.1) is 0 Å². The van der Waals surface area contributed by atoms with Gasteiger partial charge in [0.05, 0.1) is 12.6 Å². The summed E-state index contributed by atoms with van der Waals surface area (Å²) in [5, 5.41) is 3.76. The molecule has 1 aromatic carbocycles. The van der Waals surface area contributed by atoms with Crippen LogP contribution >= 0.6 is 0 Å². The lowest BCUT2D eigenvalue weighted by atomic mass is 10.2. The maximum atomic E-state index is 13.1. The SMILES string of the molecule is COc1ccc2c(N3CCNCC3)nc(C(F)(F)F)nc2c1. The first-order valence-electron chi connectivity index (χ1n) is 6.87. The minimum Gasteiger partial charge on any atom is -0.497 e. The maximum absolute atomic E-state index is 13.1. The van der Waals surface area contributed by atoms with Crippen LogP contribution in [0.4, 0.5) is 19.0 Å². The van der Waals surface area contributed by atoms with Crippen LogP contribution in [0, 0.1) is 0 Å². The molecular weight excluding hydrogens is 297 g/mol. The molecule has 2 heterocycles. The van der Waals surface area contributed by atoms with Gasteiger partial charge in [0.15, 0.2) is 0 Å². The maximum Gasteiger partial charge on any atom is 0.451 e. The van der Waals surface area contributed by atoms with Crippen LogP contribution in [-0.2, 0) is 6.18 Å². The number of alkyl halides is 3. The molecule has 0 unspecified atom stereocenters. The Morgan fingerprint density at radius 2 is 1.91 bits per heavy atom. The molecule has 1 aliphatic heterocycles. The van der Waals surface area contributed by atoms with Gasteiger partial charge in [0, 0.05) is 37.6 Å². The highest BCUT2D eigenvalue weighted by atomic mass is 19.4. The second-order valence-corrected chi connectivity index (χ2v) is 4.99. The van der Waals surface area contributed by atoms with Gasteiger partial charge in [0.25, 0.3) is 0 Å². The van der Waals surface area contributed by atoms with Gasteiger partial charge in [-0.2, -0.15) is 13.2 Å². The van der Waals surface area contributed by atoms with E-state index >= 15 is 0 Å². The number of anilines is 1. The Kier molecular flexibility index (Phi) is 3.78. The van der Waals surface area contributed by atoms with E-state index in [4.69, 9.17) is 4.74 Å². The molecule has 0 amide bonds. The molecule has 0 bridgehead atoms. The van der Waals surface area contributed by atoms with Crippen LogP contribution in [0.25, 0.3) is 10.9 Å². The minimum atomic E-state index is -4.58. The monoisotopic (exact) mass is 312 g/mol. The summed E-state index contributed by atoms with van der Waals surface area (Å²) in [6, 6.07) is 4.90. The summed E-state index contributed by atoms with van der Waals surface area (Å²) >= 11 is 0. The van der Waals surface area contributed by atoms with Crippen molar-refractivity contribution in [3.8, 4) is 5.75 Å². The summed E-state index contributed by atoms with van der Waals surface area (Å²) in [4.78, 5) is 9.27. The topological polar surface area (TPSA) is 50.3 Å². The number of nitrogens with one attached hydrogen (secondary N) is 1. The van der Waals surface area contributed by atoms with Crippen molar-refractivity contribution in [2.24, 2.45) is 0 Å². The zero-order valence-electron chi connectivity index (χ0n) is 11.9. The van der Waals surface area contributed by atoms with Crippen molar-refractivity contribution in [2.45, 2.75) is 6.18 Å². The molecule has 1 saturated heterocycles. The van der Waals surface area contributed by atoms with Crippen molar-refractivity contribution in [1.29, 1.82) is 0 Å². The fourth-order valence-corrected chi connectivity index (χ4v) is 2.46. The number of aromatic nitrogens is 2. The lowest BCUT2D eigenvalue weighted by molar-refractivity contribution is -0.144. The van der Waals surface area contributed by atoms with Gasteiger partial charge in [-0.05, 0) is 12.1 Å². The van der Waals surface area contributed by atoms with E-state index in [0.717, 1.165) is 0 Å². The number of halogens is 3. The third-order valence-electron chi connectivity index (χ3n) is 3.55. The Morgan fingerprint density at radius 3 is 2.55 bits per heavy atom. The van der Waals surface area contributed by atoms with Crippen LogP contribution in [0.15, 0.2) is 18.2 Å². The number of hydrogen-bond donors (Lipinski definition) is 1. The molecule has 118 valence electrons. The summed E-state index contributed by atoms with van der Waals surface area (Å²) in [6.07, 6.45) is -4.58. The molecule has 0 aliphatic carbocycles. The first-order valence-corrected chi connectivity index (χ1v) is 6.87. The summed E-state index contributed by atoms with van der Waals surface area (Å²) in [6.45, 7) is 2.64. The van der Waals surface area contributed by atoms with E-state index in [0.29, 0.717) is 43.1 Å². The van der Waals surface area contributed by atoms with Crippen molar-refractivity contribution in [2.75, 3.05) is 38.2 Å². The van der Waals surface area contributed by atoms with Gasteiger partial charge >= 0.3 is 6.18 Å². The quantitative estimate of drug-likeness (QED) is 0.920. The predicted molar refractivity (Wildman–Crippen MR) is 76.2 cm³/mol. The standard InChI is InChI=1S/C14H15F3N4O/c1-22-9-2-3-10-11(8-9)19-13(14(15,16)17)20-12(10)21-6-4-18-5-7-21/h2-3,8,18H,4-7H2,1H3. The number of rotatable bonds is 2. The fourth-order valence-electron chi connectivity index (χ4n) is 2.46. The molecular formula is C14H15F3N4O. The summed E-state index contributed by atoms with van der Waals surface area (Å²) < 4.78 is 44.2. The molecule has 0 atom stereocenters. The first-order chi connectivity index (χ1) is 10.5. The van der Waals surface area contributed by atoms with Crippen LogP contribution < -0.4 is 15.0 Å². The summed E-state index contributed by atoms with van der Waals surface area (Å²) in [5.74, 6) is -0.339. The van der Waals surface area contributed by atoms with E-state index in [1.165, 1.54) is 13.2 Å². The molecule has 1 aromatic heterocycles. The van der Waals surface area contributed by atoms with Crippen LogP contribution in [0.5, 0.6) is 5.75 Å². The van der Waals surface area contributed by atoms with Crippen LogP contribution in [-0.4, -0.2) is 43.3 Å². The van der Waals surface area contributed by atoms with E-state index in [9.17, 15) is 13.2 Å². The van der Waals surface area contributed by atoms with E-state index in [-0.39, 0.29) is 5.52 Å². The van der Waals surface area contributed by atoms with Gasteiger partial charge < -0.3 is 15.0 Å². The largest absolute Gasteiger partial charge is 0.497 e. The minimum absolute atomic E-state index is 0.232. The highest BCUT2D eigenvalue weighted by Gasteiger charge is 2.36. The second-order valence-electron chi connectivity index (χ2n) is 4.99. The second kappa shape index (κ2) is 5.60. The average Bonchev–Trinajstić information content (AvgIpc) is 2.53. The third kappa shape index (κ3) is 2.78. The molecule has 1 N–H and O–H groups in total. The normalized spacial score (nSPS) is 16.1. The van der Waals surface area contributed by atoms with Crippen LogP contribution in [0.2, 0.25) is 0 Å². The van der Waals surface area contributed by atoms with E-state index < -0.39 is 12.0 Å². The van der Waals surface area contributed by atoms with Crippen molar-refractivity contribution in [3.63, 3.8) is 0 Å². The molecule has 22 heavy (non-hydrogen) atoms. The molecule has 0 spiro atoms. The average molecular weight is 312 g/mol. The molecule has 0 radical (unpaired) electrons. The zero-order chi connectivity index (χ0) is 15.7. The first kappa shape index (κ1) is 14.8. The predicted octanol–water partition coefficient (Wildman–Crippen LogP) is 2.07. The number of hydrogen-bond acceptors (Lipinski definition) is 5. The van der Waals surface area contributed by atoms with E-state index in [1.807, 2.05) is 4.90 Å². The Labute approximate surface area is 125 Å². The zero-order valence-corrected chi connectivity index (χ0v) is 11.9. The van der Waals surface area contributed by atoms with Gasteiger partial charge in [0.1, 0.15) is 11.6 Å². The number of benzene rings is 1. The Balaban J connectivity index is 2.18. The number of ether oxygens (including phenoxy) is 1. The Hall–Kier alpha value is -2.09. The molecule has 1 aliphatic rings. The lowest BCUT2D eigenvalue weighted by Gasteiger charge is -2.29. The highest BCUT2D eigenvalue weighted by Crippen LogP contribution is 2.33. The van der Waals surface area contributed by atoms with Gasteiger partial charge in [-0.3, -0.25) is 0 Å². The van der Waals surface area contributed by atoms with E-state index in [1.54, 1.807) is 12.1 Å². The number of nitrogens with zero attached hydrogens (tertiary/aromatic N) is 3. The van der Waals surface area contributed by atoms with E-state index in [2.05, 4.69) is 15.3 Å². The third-order valence-corrected chi connectivity index (χ3v) is 3.55. The van der Waals surface area contributed by atoms with Crippen molar-refractivity contribution in [1.82, 2.24) is 15.3 Å². The number of piperazine rings is 1. The molecule has 0 saturated carbocycles. The lowest BCUT2D eigenvalue weighted by Crippen LogP contribution is -2.44. The smallest absolute Gasteiger partial charge is 0.451 e. The fraction of sp³-hybridized carbons (Fsp3) is 0.429. The Morgan fingerprint density at radius 1 is 1.18 bits per heavy atom. The summed E-state index contributed by atoms with van der Waals surface area (Å²) in [5.41, 5.74) is 0.232. The van der Waals surface area contributed by atoms with Crippen LogP contribution in [0.3, 0.4) is 0 Å². The van der Waals surface area contributed by atoms with Crippen molar-refractivity contribution in [3.05, 3.63) is 24.0 Å². The van der Waals surface area contributed by atoms with Crippen molar-refractivity contribution < 1.29 is 17.9 Å². The molecule has 8 heteroatoms. The summed E-state index contributed by atoms with van der Waals surface area (Å²) in [7, 11) is 1.46. The number of fused-ring (bicyclic) bond motifs is 1. The van der Waals surface area contributed by atoms with Gasteiger partial charge in [-0.1, -0.05) is 0 Å². The van der Waals surface area contributed by atoms with Crippen molar-refractivity contribution >= 4 is 16.7 Å². The molecule has 5 nitrogen and oxygen atoms in total. The molecule has 3 rings (SSSR count). The van der Waals surface area contributed by atoms with Crippen LogP contribution in [0.1, 0.15) is 5.82 Å².